The molecule has 0 aromatic heterocycles. The van der Waals surface area contributed by atoms with Crippen molar-refractivity contribution in [3.63, 3.8) is 0 Å². The van der Waals surface area contributed by atoms with Crippen LogP contribution in [0.2, 0.25) is 0 Å². The predicted molar refractivity (Wildman–Crippen MR) is 65.8 cm³/mol. The van der Waals surface area contributed by atoms with Gasteiger partial charge >= 0.3 is 11.8 Å². The smallest absolute Gasteiger partial charge is 0.313 e. The molecular formula is C12H15FN2O4. The molecule has 1 rings (SSSR count). The fraction of sp³-hybridized carbons (Fsp3) is 0.333. The van der Waals surface area contributed by atoms with Gasteiger partial charge in [-0.15, -0.1) is 0 Å². The van der Waals surface area contributed by atoms with Crippen molar-refractivity contribution >= 4 is 17.5 Å². The maximum absolute atomic E-state index is 13.3. The summed E-state index contributed by atoms with van der Waals surface area (Å²) in [5.74, 6) is -2.61. The average molecular weight is 270 g/mol. The molecule has 0 saturated carbocycles. The molecule has 0 aliphatic carbocycles. The van der Waals surface area contributed by atoms with E-state index >= 15 is 0 Å². The third-order valence-electron chi connectivity index (χ3n) is 2.34. The van der Waals surface area contributed by atoms with Crippen LogP contribution in [0.4, 0.5) is 10.1 Å². The highest BCUT2D eigenvalue weighted by Crippen LogP contribution is 2.12. The minimum Gasteiger partial charge on any atom is -0.395 e. The van der Waals surface area contributed by atoms with Crippen LogP contribution in [0.5, 0.6) is 0 Å². The highest BCUT2D eigenvalue weighted by atomic mass is 19.1. The van der Waals surface area contributed by atoms with Gasteiger partial charge in [0.05, 0.1) is 18.9 Å². The van der Waals surface area contributed by atoms with Gasteiger partial charge in [-0.2, -0.15) is 0 Å². The molecule has 0 fully saturated rings. The number of carbonyl (C=O) groups is 2. The van der Waals surface area contributed by atoms with Crippen LogP contribution in [-0.4, -0.2) is 53.2 Å². The van der Waals surface area contributed by atoms with E-state index in [0.717, 1.165) is 11.0 Å². The molecule has 0 aliphatic rings. The number of aliphatic hydroxyl groups is 2. The number of hydrogen-bond acceptors (Lipinski definition) is 4. The monoisotopic (exact) mass is 270 g/mol. The van der Waals surface area contributed by atoms with Gasteiger partial charge in [-0.1, -0.05) is 12.1 Å². The molecule has 0 unspecified atom stereocenters. The molecule has 19 heavy (non-hydrogen) atoms. The predicted octanol–water partition coefficient (Wildman–Crippen LogP) is -0.423. The van der Waals surface area contributed by atoms with Crippen LogP contribution >= 0.6 is 0 Å². The summed E-state index contributed by atoms with van der Waals surface area (Å²) >= 11 is 0. The molecule has 0 aliphatic heterocycles. The van der Waals surface area contributed by atoms with Crippen LogP contribution in [0.3, 0.4) is 0 Å². The second kappa shape index (κ2) is 7.45. The van der Waals surface area contributed by atoms with Crippen molar-refractivity contribution in [2.24, 2.45) is 0 Å². The van der Waals surface area contributed by atoms with Crippen molar-refractivity contribution in [1.29, 1.82) is 0 Å². The maximum Gasteiger partial charge on any atom is 0.313 e. The lowest BCUT2D eigenvalue weighted by Crippen LogP contribution is -2.42. The first kappa shape index (κ1) is 15.1. The molecule has 1 aromatic rings. The van der Waals surface area contributed by atoms with Crippen molar-refractivity contribution in [3.05, 3.63) is 30.1 Å². The normalized spacial score (nSPS) is 10.1. The van der Waals surface area contributed by atoms with Crippen molar-refractivity contribution < 1.29 is 24.2 Å². The first-order valence-corrected chi connectivity index (χ1v) is 5.66. The van der Waals surface area contributed by atoms with Gasteiger partial charge < -0.3 is 20.4 Å². The zero-order chi connectivity index (χ0) is 14.3. The zero-order valence-corrected chi connectivity index (χ0v) is 10.2. The van der Waals surface area contributed by atoms with Crippen LogP contribution in [0.1, 0.15) is 0 Å². The highest BCUT2D eigenvalue weighted by Gasteiger charge is 2.21. The molecule has 0 heterocycles. The molecular weight excluding hydrogens is 255 g/mol. The second-order valence-corrected chi connectivity index (χ2v) is 3.67. The molecule has 3 N–H and O–H groups in total. The topological polar surface area (TPSA) is 89.9 Å². The first-order chi connectivity index (χ1) is 9.10. The molecule has 0 spiro atoms. The number of para-hydroxylation sites is 1. The largest absolute Gasteiger partial charge is 0.395 e. The lowest BCUT2D eigenvalue weighted by molar-refractivity contribution is -0.143. The highest BCUT2D eigenvalue weighted by molar-refractivity contribution is 6.39. The zero-order valence-electron chi connectivity index (χ0n) is 10.2. The summed E-state index contributed by atoms with van der Waals surface area (Å²) in [5, 5.41) is 19.7. The summed E-state index contributed by atoms with van der Waals surface area (Å²) < 4.78 is 13.3. The number of halogens is 1. The van der Waals surface area contributed by atoms with Crippen molar-refractivity contribution in [3.8, 4) is 0 Å². The van der Waals surface area contributed by atoms with Crippen LogP contribution < -0.4 is 5.32 Å². The van der Waals surface area contributed by atoms with E-state index in [9.17, 15) is 14.0 Å². The molecule has 2 amide bonds. The van der Waals surface area contributed by atoms with Gasteiger partial charge in [0.25, 0.3) is 0 Å². The Morgan fingerprint density at radius 3 is 2.26 bits per heavy atom. The Morgan fingerprint density at radius 1 is 1.16 bits per heavy atom. The molecule has 0 bridgehead atoms. The average Bonchev–Trinajstić information content (AvgIpc) is 2.40. The number of anilines is 1. The Kier molecular flexibility index (Phi) is 5.91. The van der Waals surface area contributed by atoms with Gasteiger partial charge in [-0.3, -0.25) is 9.59 Å². The van der Waals surface area contributed by atoms with E-state index in [2.05, 4.69) is 5.32 Å². The summed E-state index contributed by atoms with van der Waals surface area (Å²) in [7, 11) is 0. The quantitative estimate of drug-likeness (QED) is 0.634. The number of benzene rings is 1. The number of hydrogen-bond donors (Lipinski definition) is 3. The SMILES string of the molecule is O=C(Nc1ccccc1F)C(=O)N(CCO)CCO. The number of nitrogens with one attached hydrogen (secondary N) is 1. The molecule has 6 nitrogen and oxygen atoms in total. The first-order valence-electron chi connectivity index (χ1n) is 5.66. The van der Waals surface area contributed by atoms with E-state index < -0.39 is 17.6 Å². The third-order valence-corrected chi connectivity index (χ3v) is 2.34. The third kappa shape index (κ3) is 4.31. The number of carbonyl (C=O) groups excluding carboxylic acids is 2. The molecule has 0 atom stereocenters. The summed E-state index contributed by atoms with van der Waals surface area (Å²) in [5.41, 5.74) is -0.103. The van der Waals surface area contributed by atoms with Crippen LogP contribution in [0.25, 0.3) is 0 Å². The fourth-order valence-electron chi connectivity index (χ4n) is 1.44. The number of amides is 2. The van der Waals surface area contributed by atoms with Crippen LogP contribution in [0, 0.1) is 5.82 Å². The molecule has 0 radical (unpaired) electrons. The van der Waals surface area contributed by atoms with Gasteiger partial charge in [-0.05, 0) is 12.1 Å². The van der Waals surface area contributed by atoms with Gasteiger partial charge in [0.2, 0.25) is 0 Å². The minimum atomic E-state index is -1.02. The summed E-state index contributed by atoms with van der Waals surface area (Å²) in [6, 6.07) is 5.45. The van der Waals surface area contributed by atoms with E-state index in [4.69, 9.17) is 10.2 Å². The molecule has 1 aromatic carbocycles. The number of rotatable bonds is 5. The summed E-state index contributed by atoms with van der Waals surface area (Å²) in [6.45, 7) is -0.828. The molecule has 0 saturated heterocycles. The Labute approximate surface area is 109 Å². The van der Waals surface area contributed by atoms with Crippen molar-refractivity contribution in [1.82, 2.24) is 4.90 Å². The summed E-state index contributed by atoms with van der Waals surface area (Å²) in [4.78, 5) is 24.3. The Hall–Kier alpha value is -1.99. The van der Waals surface area contributed by atoms with Crippen molar-refractivity contribution in [2.75, 3.05) is 31.6 Å². The van der Waals surface area contributed by atoms with E-state index in [1.54, 1.807) is 0 Å². The van der Waals surface area contributed by atoms with Crippen molar-refractivity contribution in [2.45, 2.75) is 0 Å². The van der Waals surface area contributed by atoms with E-state index in [1.807, 2.05) is 0 Å². The number of nitrogens with zero attached hydrogens (tertiary/aromatic N) is 1. The summed E-state index contributed by atoms with van der Waals surface area (Å²) in [6.07, 6.45) is 0. The van der Waals surface area contributed by atoms with Gasteiger partial charge in [0.1, 0.15) is 5.82 Å². The number of aliphatic hydroxyl groups excluding tert-OH is 2. The maximum atomic E-state index is 13.3. The Bertz CT molecular complexity index is 447. The van der Waals surface area contributed by atoms with E-state index in [0.29, 0.717) is 0 Å². The van der Waals surface area contributed by atoms with E-state index in [-0.39, 0.29) is 32.0 Å². The fourth-order valence-corrected chi connectivity index (χ4v) is 1.44. The Morgan fingerprint density at radius 2 is 1.74 bits per heavy atom. The minimum absolute atomic E-state index is 0.0793. The van der Waals surface area contributed by atoms with E-state index in [1.165, 1.54) is 18.2 Å². The molecule has 104 valence electrons. The Balaban J connectivity index is 2.71. The van der Waals surface area contributed by atoms with Gasteiger partial charge in [0, 0.05) is 13.1 Å². The molecule has 7 heteroatoms. The van der Waals surface area contributed by atoms with Crippen LogP contribution in [0.15, 0.2) is 24.3 Å². The van der Waals surface area contributed by atoms with Gasteiger partial charge in [0.15, 0.2) is 0 Å². The standard InChI is InChI=1S/C12H15FN2O4/c13-9-3-1-2-4-10(9)14-11(18)12(19)15(5-7-16)6-8-17/h1-4,16-17H,5-8H2,(H,14,18). The van der Waals surface area contributed by atoms with Gasteiger partial charge in [-0.25, -0.2) is 4.39 Å². The lowest BCUT2D eigenvalue weighted by atomic mass is 10.3. The second-order valence-electron chi connectivity index (χ2n) is 3.67. The van der Waals surface area contributed by atoms with Crippen LogP contribution in [-0.2, 0) is 9.59 Å². The lowest BCUT2D eigenvalue weighted by Gasteiger charge is -2.19.